The number of phenolic OH excluding ortho intramolecular Hbond substituents is 1. The van der Waals surface area contributed by atoms with Gasteiger partial charge in [-0.25, -0.2) is 0 Å². The molecule has 0 aliphatic carbocycles. The molecule has 0 bridgehead atoms. The standard InChI is InChI=1S/C26H22O/c1-26(22-10-6-3-7-11-22,24-16-18-25(27)19-17-24)23-14-12-21(13-15-23)20-8-4-2-5-9-20/h2-19,27H,1H3. The molecular weight excluding hydrogens is 328 g/mol. The minimum Gasteiger partial charge on any atom is -0.508 e. The van der Waals surface area contributed by atoms with Crippen LogP contribution in [0.15, 0.2) is 109 Å². The van der Waals surface area contributed by atoms with E-state index in [4.69, 9.17) is 0 Å². The minimum atomic E-state index is -0.301. The van der Waals surface area contributed by atoms with Crippen molar-refractivity contribution in [1.29, 1.82) is 0 Å². The lowest BCUT2D eigenvalue weighted by Gasteiger charge is -2.32. The summed E-state index contributed by atoms with van der Waals surface area (Å²) in [6.07, 6.45) is 0. The smallest absolute Gasteiger partial charge is 0.115 e. The van der Waals surface area contributed by atoms with Crippen molar-refractivity contribution in [3.63, 3.8) is 0 Å². The zero-order valence-electron chi connectivity index (χ0n) is 15.3. The highest BCUT2D eigenvalue weighted by molar-refractivity contribution is 5.64. The predicted molar refractivity (Wildman–Crippen MR) is 112 cm³/mol. The summed E-state index contributed by atoms with van der Waals surface area (Å²) in [6, 6.07) is 37.3. The molecule has 0 heterocycles. The van der Waals surface area contributed by atoms with Crippen molar-refractivity contribution in [3.8, 4) is 16.9 Å². The lowest BCUT2D eigenvalue weighted by Crippen LogP contribution is -2.25. The van der Waals surface area contributed by atoms with Crippen LogP contribution in [0.4, 0.5) is 0 Å². The average Bonchev–Trinajstić information content (AvgIpc) is 2.75. The fourth-order valence-electron chi connectivity index (χ4n) is 3.69. The third kappa shape index (κ3) is 3.24. The number of hydrogen-bond acceptors (Lipinski definition) is 1. The maximum atomic E-state index is 9.73. The monoisotopic (exact) mass is 350 g/mol. The molecule has 4 aromatic carbocycles. The molecule has 0 amide bonds. The van der Waals surface area contributed by atoms with E-state index in [2.05, 4.69) is 79.7 Å². The van der Waals surface area contributed by atoms with Crippen LogP contribution < -0.4 is 0 Å². The first-order chi connectivity index (χ1) is 13.2. The molecule has 4 aromatic rings. The van der Waals surface area contributed by atoms with Crippen LogP contribution in [0.3, 0.4) is 0 Å². The Hall–Kier alpha value is -3.32. The fraction of sp³-hybridized carbons (Fsp3) is 0.0769. The Bertz CT molecular complexity index is 1000. The fourth-order valence-corrected chi connectivity index (χ4v) is 3.69. The normalized spacial score (nSPS) is 13.1. The molecule has 0 radical (unpaired) electrons. The maximum absolute atomic E-state index is 9.73. The molecule has 1 N–H and O–H groups in total. The minimum absolute atomic E-state index is 0.286. The van der Waals surface area contributed by atoms with Crippen molar-refractivity contribution in [3.05, 3.63) is 126 Å². The Labute approximate surface area is 160 Å². The molecular formula is C26H22O. The second-order valence-electron chi connectivity index (χ2n) is 6.98. The van der Waals surface area contributed by atoms with E-state index in [1.165, 1.54) is 22.3 Å². The van der Waals surface area contributed by atoms with Crippen molar-refractivity contribution < 1.29 is 5.11 Å². The zero-order valence-corrected chi connectivity index (χ0v) is 15.3. The Morgan fingerprint density at radius 1 is 0.481 bits per heavy atom. The highest BCUT2D eigenvalue weighted by atomic mass is 16.3. The van der Waals surface area contributed by atoms with Gasteiger partial charge in [0.15, 0.2) is 0 Å². The van der Waals surface area contributed by atoms with E-state index in [1.807, 2.05) is 24.3 Å². The molecule has 1 unspecified atom stereocenters. The Kier molecular flexibility index (Phi) is 4.52. The Balaban J connectivity index is 1.83. The molecule has 132 valence electrons. The summed E-state index contributed by atoms with van der Waals surface area (Å²) in [4.78, 5) is 0. The van der Waals surface area contributed by atoms with Crippen LogP contribution in [0.5, 0.6) is 5.75 Å². The molecule has 0 fully saturated rings. The Morgan fingerprint density at radius 3 is 1.44 bits per heavy atom. The number of benzene rings is 4. The Morgan fingerprint density at radius 2 is 0.889 bits per heavy atom. The van der Waals surface area contributed by atoms with Crippen LogP contribution in [0, 0.1) is 0 Å². The second kappa shape index (κ2) is 7.13. The number of phenols is 1. The van der Waals surface area contributed by atoms with Gasteiger partial charge in [0, 0.05) is 5.41 Å². The molecule has 1 atom stereocenters. The highest BCUT2D eigenvalue weighted by Gasteiger charge is 2.31. The van der Waals surface area contributed by atoms with Crippen LogP contribution in [-0.2, 0) is 5.41 Å². The first-order valence-electron chi connectivity index (χ1n) is 9.19. The summed E-state index contributed by atoms with van der Waals surface area (Å²) >= 11 is 0. The third-order valence-electron chi connectivity index (χ3n) is 5.37. The van der Waals surface area contributed by atoms with E-state index in [1.54, 1.807) is 12.1 Å². The summed E-state index contributed by atoms with van der Waals surface area (Å²) in [5.41, 5.74) is 5.72. The third-order valence-corrected chi connectivity index (χ3v) is 5.37. The van der Waals surface area contributed by atoms with Gasteiger partial charge in [-0.2, -0.15) is 0 Å². The topological polar surface area (TPSA) is 20.2 Å². The van der Waals surface area contributed by atoms with Crippen molar-refractivity contribution in [2.24, 2.45) is 0 Å². The van der Waals surface area contributed by atoms with Crippen LogP contribution in [0.2, 0.25) is 0 Å². The molecule has 27 heavy (non-hydrogen) atoms. The van der Waals surface area contributed by atoms with E-state index < -0.39 is 0 Å². The lowest BCUT2D eigenvalue weighted by molar-refractivity contribution is 0.474. The quantitative estimate of drug-likeness (QED) is 0.421. The highest BCUT2D eigenvalue weighted by Crippen LogP contribution is 2.39. The average molecular weight is 350 g/mol. The van der Waals surface area contributed by atoms with E-state index in [0.717, 1.165) is 5.56 Å². The lowest BCUT2D eigenvalue weighted by atomic mass is 9.71. The molecule has 0 aliphatic heterocycles. The summed E-state index contributed by atoms with van der Waals surface area (Å²) in [7, 11) is 0. The van der Waals surface area contributed by atoms with Gasteiger partial charge in [0.25, 0.3) is 0 Å². The van der Waals surface area contributed by atoms with Gasteiger partial charge in [0.05, 0.1) is 0 Å². The summed E-state index contributed by atoms with van der Waals surface area (Å²) < 4.78 is 0. The number of hydrogen-bond donors (Lipinski definition) is 1. The SMILES string of the molecule is CC(c1ccccc1)(c1ccc(O)cc1)c1ccc(-c2ccccc2)cc1. The summed E-state index contributed by atoms with van der Waals surface area (Å²) in [6.45, 7) is 2.24. The van der Waals surface area contributed by atoms with Crippen LogP contribution in [0.25, 0.3) is 11.1 Å². The van der Waals surface area contributed by atoms with Crippen molar-refractivity contribution >= 4 is 0 Å². The second-order valence-corrected chi connectivity index (χ2v) is 6.98. The molecule has 1 nitrogen and oxygen atoms in total. The van der Waals surface area contributed by atoms with E-state index >= 15 is 0 Å². The molecule has 0 aromatic heterocycles. The maximum Gasteiger partial charge on any atom is 0.115 e. The molecule has 4 rings (SSSR count). The zero-order chi connectivity index (χ0) is 18.7. The van der Waals surface area contributed by atoms with Gasteiger partial charge in [-0.3, -0.25) is 0 Å². The summed E-state index contributed by atoms with van der Waals surface area (Å²) in [5.74, 6) is 0.286. The number of aromatic hydroxyl groups is 1. The van der Waals surface area contributed by atoms with Gasteiger partial charge >= 0.3 is 0 Å². The van der Waals surface area contributed by atoms with Gasteiger partial charge in [0.2, 0.25) is 0 Å². The van der Waals surface area contributed by atoms with E-state index in [-0.39, 0.29) is 11.2 Å². The van der Waals surface area contributed by atoms with Crippen LogP contribution in [-0.4, -0.2) is 5.11 Å². The predicted octanol–water partition coefficient (Wildman–Crippen LogP) is 6.41. The summed E-state index contributed by atoms with van der Waals surface area (Å²) in [5, 5.41) is 9.73. The van der Waals surface area contributed by atoms with Crippen molar-refractivity contribution in [2.45, 2.75) is 12.3 Å². The van der Waals surface area contributed by atoms with Crippen LogP contribution >= 0.6 is 0 Å². The van der Waals surface area contributed by atoms with Gasteiger partial charge < -0.3 is 5.11 Å². The first-order valence-corrected chi connectivity index (χ1v) is 9.19. The van der Waals surface area contributed by atoms with Crippen molar-refractivity contribution in [1.82, 2.24) is 0 Å². The van der Waals surface area contributed by atoms with E-state index in [9.17, 15) is 5.11 Å². The van der Waals surface area contributed by atoms with Gasteiger partial charge in [-0.05, 0) is 46.9 Å². The largest absolute Gasteiger partial charge is 0.508 e. The van der Waals surface area contributed by atoms with Crippen LogP contribution in [0.1, 0.15) is 23.6 Å². The van der Waals surface area contributed by atoms with Gasteiger partial charge in [-0.15, -0.1) is 0 Å². The number of rotatable bonds is 4. The van der Waals surface area contributed by atoms with Gasteiger partial charge in [0.1, 0.15) is 5.75 Å². The molecule has 1 heteroatoms. The molecule has 0 saturated heterocycles. The van der Waals surface area contributed by atoms with Crippen molar-refractivity contribution in [2.75, 3.05) is 0 Å². The molecule has 0 spiro atoms. The first kappa shape index (κ1) is 17.1. The van der Waals surface area contributed by atoms with E-state index in [0.29, 0.717) is 0 Å². The molecule has 0 aliphatic rings. The molecule has 0 saturated carbocycles. The van der Waals surface area contributed by atoms with Gasteiger partial charge in [-0.1, -0.05) is 97.1 Å².